The lowest BCUT2D eigenvalue weighted by Crippen LogP contribution is -2.45. The van der Waals surface area contributed by atoms with Crippen molar-refractivity contribution < 1.29 is 9.53 Å². The summed E-state index contributed by atoms with van der Waals surface area (Å²) >= 11 is 17.2. The van der Waals surface area contributed by atoms with Crippen molar-refractivity contribution in [3.63, 3.8) is 0 Å². The quantitative estimate of drug-likeness (QED) is 0.152. The van der Waals surface area contributed by atoms with E-state index in [1.54, 1.807) is 25.1 Å². The monoisotopic (exact) mass is 516 g/mol. The third-order valence-corrected chi connectivity index (χ3v) is 6.40. The molecule has 1 aromatic carbocycles. The number of carbonyl (C=O) groups excluding carboxylic acids is 1. The van der Waals surface area contributed by atoms with Gasteiger partial charge in [-0.1, -0.05) is 114 Å². The zero-order valence-electron chi connectivity index (χ0n) is 20.4. The molecular formula is C26H42Cl2N2O2S. The molecule has 1 amide bonds. The Hall–Kier alpha value is -1.04. The number of halogens is 2. The van der Waals surface area contributed by atoms with Crippen LogP contribution in [0.4, 0.5) is 0 Å². The van der Waals surface area contributed by atoms with Gasteiger partial charge in [-0.05, 0) is 43.8 Å². The lowest BCUT2D eigenvalue weighted by atomic mass is 10.0. The van der Waals surface area contributed by atoms with Crippen LogP contribution in [0.3, 0.4) is 0 Å². The van der Waals surface area contributed by atoms with Crippen molar-refractivity contribution in [2.24, 2.45) is 0 Å². The number of benzene rings is 1. The fraction of sp³-hybridized carbons (Fsp3) is 0.692. The zero-order chi connectivity index (χ0) is 24.3. The second kappa shape index (κ2) is 19.3. The van der Waals surface area contributed by atoms with Gasteiger partial charge in [0.25, 0.3) is 5.91 Å². The van der Waals surface area contributed by atoms with Crippen molar-refractivity contribution in [2.45, 2.75) is 110 Å². The van der Waals surface area contributed by atoms with Crippen molar-refractivity contribution in [3.05, 3.63) is 28.2 Å². The molecule has 0 aliphatic rings. The Balaban J connectivity index is 1.97. The Morgan fingerprint density at radius 1 is 0.909 bits per heavy atom. The van der Waals surface area contributed by atoms with Gasteiger partial charge in [0, 0.05) is 11.6 Å². The molecule has 0 aliphatic carbocycles. The predicted molar refractivity (Wildman–Crippen MR) is 146 cm³/mol. The van der Waals surface area contributed by atoms with Crippen molar-refractivity contribution >= 4 is 46.4 Å². The largest absolute Gasteiger partial charge is 0.479 e. The number of nitrogens with one attached hydrogen (secondary N) is 2. The highest BCUT2D eigenvalue weighted by Gasteiger charge is 2.17. The van der Waals surface area contributed by atoms with Crippen molar-refractivity contribution in [2.75, 3.05) is 6.54 Å². The average Bonchev–Trinajstić information content (AvgIpc) is 2.78. The SMILES string of the molecule is CCCCCCCCCCCCCCCCNC(=S)NC(=O)C(C)Oc1ccc(Cl)cc1Cl. The summed E-state index contributed by atoms with van der Waals surface area (Å²) in [7, 11) is 0. The average molecular weight is 518 g/mol. The molecule has 0 saturated heterocycles. The predicted octanol–water partition coefficient (Wildman–Crippen LogP) is 8.23. The number of hydrogen-bond donors (Lipinski definition) is 2. The van der Waals surface area contributed by atoms with Crippen LogP contribution in [-0.4, -0.2) is 23.7 Å². The molecule has 4 nitrogen and oxygen atoms in total. The lowest BCUT2D eigenvalue weighted by molar-refractivity contribution is -0.125. The minimum absolute atomic E-state index is 0.320. The van der Waals surface area contributed by atoms with E-state index < -0.39 is 6.10 Å². The van der Waals surface area contributed by atoms with Crippen LogP contribution < -0.4 is 15.4 Å². The molecule has 0 saturated carbocycles. The molecule has 1 rings (SSSR count). The number of amides is 1. The summed E-state index contributed by atoms with van der Waals surface area (Å²) in [5.41, 5.74) is 0. The van der Waals surface area contributed by atoms with E-state index in [-0.39, 0.29) is 5.91 Å². The molecule has 0 radical (unpaired) electrons. The van der Waals surface area contributed by atoms with Gasteiger partial charge in [-0.3, -0.25) is 10.1 Å². The van der Waals surface area contributed by atoms with Crippen LogP contribution in [0.1, 0.15) is 104 Å². The van der Waals surface area contributed by atoms with E-state index in [1.165, 1.54) is 83.5 Å². The molecule has 7 heteroatoms. The first-order valence-corrected chi connectivity index (χ1v) is 13.8. The van der Waals surface area contributed by atoms with Crippen LogP contribution in [0.5, 0.6) is 5.75 Å². The van der Waals surface area contributed by atoms with Gasteiger partial charge in [-0.25, -0.2) is 0 Å². The number of hydrogen-bond acceptors (Lipinski definition) is 3. The molecular weight excluding hydrogens is 475 g/mol. The van der Waals surface area contributed by atoms with Crippen molar-refractivity contribution in [3.8, 4) is 5.75 Å². The molecule has 1 atom stereocenters. The van der Waals surface area contributed by atoms with Crippen LogP contribution in [0.15, 0.2) is 18.2 Å². The summed E-state index contributed by atoms with van der Waals surface area (Å²) in [4.78, 5) is 12.3. The number of thiocarbonyl (C=S) groups is 1. The molecule has 1 aromatic rings. The molecule has 0 aliphatic heterocycles. The maximum Gasteiger partial charge on any atom is 0.266 e. The maximum absolute atomic E-state index is 12.3. The highest BCUT2D eigenvalue weighted by atomic mass is 35.5. The first kappa shape index (κ1) is 30.0. The number of ether oxygens (including phenoxy) is 1. The van der Waals surface area contributed by atoms with Crippen LogP contribution >= 0.6 is 35.4 Å². The fourth-order valence-electron chi connectivity index (χ4n) is 3.59. The standard InChI is InChI=1S/C26H42Cl2N2O2S/c1-3-4-5-6-7-8-9-10-11-12-13-14-15-16-19-29-26(33)30-25(31)21(2)32-24-18-17-22(27)20-23(24)28/h17-18,20-21H,3-16,19H2,1-2H3,(H2,29,30,31,33). The van der Waals surface area contributed by atoms with E-state index in [4.69, 9.17) is 40.2 Å². The zero-order valence-corrected chi connectivity index (χ0v) is 22.7. The van der Waals surface area contributed by atoms with E-state index in [2.05, 4.69) is 17.6 Å². The fourth-order valence-corrected chi connectivity index (χ4v) is 4.25. The van der Waals surface area contributed by atoms with Crippen LogP contribution in [-0.2, 0) is 4.79 Å². The highest BCUT2D eigenvalue weighted by molar-refractivity contribution is 7.80. The molecule has 0 spiro atoms. The van der Waals surface area contributed by atoms with Gasteiger partial charge in [-0.15, -0.1) is 0 Å². The summed E-state index contributed by atoms with van der Waals surface area (Å²) < 4.78 is 5.60. The van der Waals surface area contributed by atoms with E-state index in [9.17, 15) is 4.79 Å². The van der Waals surface area contributed by atoms with Gasteiger partial charge in [-0.2, -0.15) is 0 Å². The smallest absolute Gasteiger partial charge is 0.266 e. The summed E-state index contributed by atoms with van der Waals surface area (Å²) in [5, 5.41) is 6.96. The van der Waals surface area contributed by atoms with Gasteiger partial charge in [0.1, 0.15) is 5.75 Å². The van der Waals surface area contributed by atoms with Crippen LogP contribution in [0.25, 0.3) is 0 Å². The Labute approximate surface area is 216 Å². The molecule has 1 unspecified atom stereocenters. The summed E-state index contributed by atoms with van der Waals surface area (Å²) in [6, 6.07) is 4.88. The lowest BCUT2D eigenvalue weighted by Gasteiger charge is -2.16. The van der Waals surface area contributed by atoms with Crippen LogP contribution in [0, 0.1) is 0 Å². The molecule has 0 bridgehead atoms. The highest BCUT2D eigenvalue weighted by Crippen LogP contribution is 2.28. The van der Waals surface area contributed by atoms with Crippen molar-refractivity contribution in [1.82, 2.24) is 10.6 Å². The Morgan fingerprint density at radius 3 is 1.94 bits per heavy atom. The molecule has 0 aromatic heterocycles. The van der Waals surface area contributed by atoms with E-state index in [0.29, 0.717) is 20.9 Å². The van der Waals surface area contributed by atoms with Crippen LogP contribution in [0.2, 0.25) is 10.0 Å². The van der Waals surface area contributed by atoms with Gasteiger partial charge < -0.3 is 10.1 Å². The van der Waals surface area contributed by atoms with E-state index >= 15 is 0 Å². The first-order chi connectivity index (χ1) is 15.9. The molecule has 33 heavy (non-hydrogen) atoms. The Kier molecular flexibility index (Phi) is 17.5. The summed E-state index contributed by atoms with van der Waals surface area (Å²) in [5.74, 6) is 0.0875. The van der Waals surface area contributed by atoms with Gasteiger partial charge in [0.2, 0.25) is 0 Å². The second-order valence-electron chi connectivity index (χ2n) is 8.68. The Morgan fingerprint density at radius 2 is 1.42 bits per heavy atom. The molecule has 0 fully saturated rings. The number of rotatable bonds is 18. The molecule has 2 N–H and O–H groups in total. The van der Waals surface area contributed by atoms with Gasteiger partial charge in [0.05, 0.1) is 5.02 Å². The summed E-state index contributed by atoms with van der Waals surface area (Å²) in [6.45, 7) is 4.68. The van der Waals surface area contributed by atoms with Gasteiger partial charge in [0.15, 0.2) is 11.2 Å². The number of carbonyl (C=O) groups is 1. The number of unbranched alkanes of at least 4 members (excludes halogenated alkanes) is 13. The third kappa shape index (κ3) is 15.5. The minimum Gasteiger partial charge on any atom is -0.479 e. The maximum atomic E-state index is 12.3. The topological polar surface area (TPSA) is 50.4 Å². The van der Waals surface area contributed by atoms with E-state index in [1.807, 2.05) is 0 Å². The minimum atomic E-state index is -0.732. The normalized spacial score (nSPS) is 11.8. The second-order valence-corrected chi connectivity index (χ2v) is 9.93. The molecule has 0 heterocycles. The Bertz CT molecular complexity index is 688. The molecule has 188 valence electrons. The third-order valence-electron chi connectivity index (χ3n) is 5.62. The van der Waals surface area contributed by atoms with E-state index in [0.717, 1.165) is 13.0 Å². The summed E-state index contributed by atoms with van der Waals surface area (Å²) in [6.07, 6.45) is 17.9. The van der Waals surface area contributed by atoms with Gasteiger partial charge >= 0.3 is 0 Å². The first-order valence-electron chi connectivity index (χ1n) is 12.6. The van der Waals surface area contributed by atoms with Crippen molar-refractivity contribution in [1.29, 1.82) is 0 Å².